The summed E-state index contributed by atoms with van der Waals surface area (Å²) in [6, 6.07) is 8.59. The largest absolute Gasteiger partial charge is 0.294 e. The van der Waals surface area contributed by atoms with Crippen LogP contribution in [-0.4, -0.2) is 26.9 Å². The van der Waals surface area contributed by atoms with Crippen molar-refractivity contribution in [3.63, 3.8) is 0 Å². The number of hydrogen-bond donors (Lipinski definition) is 0. The summed E-state index contributed by atoms with van der Waals surface area (Å²) in [6.07, 6.45) is 3.43. The van der Waals surface area contributed by atoms with Gasteiger partial charge in [0.25, 0.3) is 0 Å². The number of halogens is 1. The highest BCUT2D eigenvalue weighted by Crippen LogP contribution is 2.24. The van der Waals surface area contributed by atoms with Crippen molar-refractivity contribution in [2.24, 2.45) is 0 Å². The van der Waals surface area contributed by atoms with E-state index in [1.807, 2.05) is 24.6 Å². The van der Waals surface area contributed by atoms with Crippen LogP contribution in [0.4, 0.5) is 4.39 Å². The van der Waals surface area contributed by atoms with Gasteiger partial charge in [0.05, 0.1) is 5.69 Å². The zero-order valence-electron chi connectivity index (χ0n) is 13.0. The first-order valence-electron chi connectivity index (χ1n) is 7.31. The maximum absolute atomic E-state index is 13.0. The van der Waals surface area contributed by atoms with E-state index < -0.39 is 0 Å². The molecule has 0 fully saturated rings. The molecule has 0 bridgehead atoms. The first-order valence-corrected chi connectivity index (χ1v) is 8.19. The molecule has 0 radical (unpaired) electrons. The number of hydrogen-bond acceptors (Lipinski definition) is 5. The Morgan fingerprint density at radius 1 is 1.17 bits per heavy atom. The van der Waals surface area contributed by atoms with Crippen molar-refractivity contribution in [2.75, 3.05) is 7.05 Å². The third kappa shape index (κ3) is 3.78. The molecule has 1 aromatic carbocycles. The predicted octanol–water partition coefficient (Wildman–Crippen LogP) is 3.93. The molecule has 0 aliphatic heterocycles. The molecule has 23 heavy (non-hydrogen) atoms. The average Bonchev–Trinajstić information content (AvgIpc) is 3.04. The Balaban J connectivity index is 1.69. The van der Waals surface area contributed by atoms with Gasteiger partial charge < -0.3 is 0 Å². The van der Waals surface area contributed by atoms with Crippen molar-refractivity contribution in [2.45, 2.75) is 19.5 Å². The molecule has 2 heterocycles. The smallest absolute Gasteiger partial charge is 0.188 e. The van der Waals surface area contributed by atoms with Crippen molar-refractivity contribution in [3.05, 3.63) is 65.2 Å². The van der Waals surface area contributed by atoms with Crippen LogP contribution in [0.3, 0.4) is 0 Å². The van der Waals surface area contributed by atoms with E-state index in [1.165, 1.54) is 12.1 Å². The van der Waals surface area contributed by atoms with Gasteiger partial charge in [-0.15, -0.1) is 11.3 Å². The van der Waals surface area contributed by atoms with E-state index >= 15 is 0 Å². The van der Waals surface area contributed by atoms with Crippen LogP contribution in [0, 0.1) is 5.82 Å². The summed E-state index contributed by atoms with van der Waals surface area (Å²) in [4.78, 5) is 15.2. The van der Waals surface area contributed by atoms with Crippen LogP contribution in [0.5, 0.6) is 0 Å². The van der Waals surface area contributed by atoms with E-state index in [4.69, 9.17) is 0 Å². The minimum atomic E-state index is -0.212. The number of thiazole rings is 1. The molecule has 0 saturated heterocycles. The van der Waals surface area contributed by atoms with Crippen LogP contribution < -0.4 is 0 Å². The first kappa shape index (κ1) is 15.7. The fraction of sp³-hybridized carbons (Fsp3) is 0.235. The molecule has 2 aromatic heterocycles. The second-order valence-corrected chi connectivity index (χ2v) is 6.22. The first-order chi connectivity index (χ1) is 11.1. The highest BCUT2D eigenvalue weighted by molar-refractivity contribution is 7.13. The Bertz CT molecular complexity index is 758. The highest BCUT2D eigenvalue weighted by Gasteiger charge is 2.14. The zero-order valence-corrected chi connectivity index (χ0v) is 13.8. The van der Waals surface area contributed by atoms with Gasteiger partial charge in [0.2, 0.25) is 0 Å². The number of aromatic nitrogens is 3. The molecule has 0 amide bonds. The molecule has 3 rings (SSSR count). The molecule has 0 spiro atoms. The Labute approximate surface area is 138 Å². The molecular weight excluding hydrogens is 311 g/mol. The molecule has 0 aliphatic carbocycles. The van der Waals surface area contributed by atoms with Crippen molar-refractivity contribution < 1.29 is 4.39 Å². The summed E-state index contributed by atoms with van der Waals surface area (Å²) in [5.41, 5.74) is 2.06. The monoisotopic (exact) mass is 328 g/mol. The van der Waals surface area contributed by atoms with Gasteiger partial charge in [-0.2, -0.15) is 0 Å². The molecule has 118 valence electrons. The van der Waals surface area contributed by atoms with E-state index in [0.717, 1.165) is 16.3 Å². The Hall–Kier alpha value is -2.18. The molecule has 4 nitrogen and oxygen atoms in total. The summed E-state index contributed by atoms with van der Waals surface area (Å²) >= 11 is 1.54. The van der Waals surface area contributed by atoms with Crippen LogP contribution >= 0.6 is 11.3 Å². The molecule has 0 N–H and O–H groups in total. The normalized spacial score (nSPS) is 12.5. The minimum Gasteiger partial charge on any atom is -0.294 e. The topological polar surface area (TPSA) is 41.9 Å². The molecule has 0 saturated carbocycles. The predicted molar refractivity (Wildman–Crippen MR) is 89.4 cm³/mol. The molecule has 0 unspecified atom stereocenters. The van der Waals surface area contributed by atoms with E-state index in [1.54, 1.807) is 29.8 Å². The minimum absolute atomic E-state index is 0.175. The molecule has 0 aliphatic rings. The summed E-state index contributed by atoms with van der Waals surface area (Å²) in [5.74, 6) is 0.439. The van der Waals surface area contributed by atoms with Crippen molar-refractivity contribution in [1.29, 1.82) is 0 Å². The molecule has 3 aromatic rings. The number of rotatable bonds is 5. The van der Waals surface area contributed by atoms with Crippen LogP contribution in [0.25, 0.3) is 10.8 Å². The number of benzene rings is 1. The lowest BCUT2D eigenvalue weighted by Gasteiger charge is -2.24. The lowest BCUT2D eigenvalue weighted by molar-refractivity contribution is 0.250. The summed E-state index contributed by atoms with van der Waals surface area (Å²) in [7, 11) is 2.03. The van der Waals surface area contributed by atoms with E-state index in [0.29, 0.717) is 12.4 Å². The highest BCUT2D eigenvalue weighted by atomic mass is 32.1. The second kappa shape index (κ2) is 6.93. The van der Waals surface area contributed by atoms with Crippen LogP contribution in [0.1, 0.15) is 24.2 Å². The van der Waals surface area contributed by atoms with Gasteiger partial charge in [-0.1, -0.05) is 12.1 Å². The van der Waals surface area contributed by atoms with Crippen molar-refractivity contribution in [1.82, 2.24) is 19.9 Å². The Morgan fingerprint density at radius 3 is 2.57 bits per heavy atom. The second-order valence-electron chi connectivity index (χ2n) is 5.36. The third-order valence-corrected chi connectivity index (χ3v) is 4.62. The fourth-order valence-corrected chi connectivity index (χ4v) is 3.04. The van der Waals surface area contributed by atoms with Gasteiger partial charge in [-0.3, -0.25) is 4.90 Å². The lowest BCUT2D eigenvalue weighted by Crippen LogP contribution is -2.22. The van der Waals surface area contributed by atoms with Gasteiger partial charge in [-0.25, -0.2) is 19.3 Å². The fourth-order valence-electron chi connectivity index (χ4n) is 2.28. The maximum atomic E-state index is 13.0. The van der Waals surface area contributed by atoms with Crippen molar-refractivity contribution >= 4 is 11.3 Å². The quantitative estimate of drug-likeness (QED) is 0.711. The summed E-state index contributed by atoms with van der Waals surface area (Å²) in [5, 5.41) is 2.85. The summed E-state index contributed by atoms with van der Waals surface area (Å²) in [6.45, 7) is 2.81. The van der Waals surface area contributed by atoms with Crippen LogP contribution in [-0.2, 0) is 6.54 Å². The number of nitrogens with zero attached hydrogens (tertiary/aromatic N) is 4. The Kier molecular flexibility index (Phi) is 4.73. The van der Waals surface area contributed by atoms with E-state index in [-0.39, 0.29) is 11.9 Å². The van der Waals surface area contributed by atoms with Crippen LogP contribution in [0.2, 0.25) is 0 Å². The third-order valence-electron chi connectivity index (χ3n) is 3.73. The standard InChI is InChI=1S/C17H17FN4S/c1-12(13-4-6-14(18)7-5-13)22(2)10-15-11-23-17(21-15)16-19-8-3-9-20-16/h3-9,11-12H,10H2,1-2H3/t12-/m1/s1. The van der Waals surface area contributed by atoms with Gasteiger partial charge >= 0.3 is 0 Å². The summed E-state index contributed by atoms with van der Waals surface area (Å²) < 4.78 is 13.0. The molecule has 6 heteroatoms. The van der Waals surface area contributed by atoms with Gasteiger partial charge in [0, 0.05) is 30.4 Å². The zero-order chi connectivity index (χ0) is 16.2. The molecular formula is C17H17FN4S. The van der Waals surface area contributed by atoms with Gasteiger partial charge in [0.1, 0.15) is 5.82 Å². The molecule has 1 atom stereocenters. The average molecular weight is 328 g/mol. The lowest BCUT2D eigenvalue weighted by atomic mass is 10.1. The van der Waals surface area contributed by atoms with E-state index in [9.17, 15) is 4.39 Å². The van der Waals surface area contributed by atoms with E-state index in [2.05, 4.69) is 26.8 Å². The van der Waals surface area contributed by atoms with Gasteiger partial charge in [-0.05, 0) is 37.7 Å². The van der Waals surface area contributed by atoms with Crippen LogP contribution in [0.15, 0.2) is 48.1 Å². The SMILES string of the molecule is C[C@H](c1ccc(F)cc1)N(C)Cc1csc(-c2ncccn2)n1. The van der Waals surface area contributed by atoms with Gasteiger partial charge in [0.15, 0.2) is 10.8 Å². The Morgan fingerprint density at radius 2 is 1.87 bits per heavy atom. The van der Waals surface area contributed by atoms with Crippen molar-refractivity contribution in [3.8, 4) is 10.8 Å². The maximum Gasteiger partial charge on any atom is 0.188 e.